The Labute approximate surface area is 197 Å². The Balaban J connectivity index is 2.04. The average molecular weight is 476 g/mol. The zero-order valence-corrected chi connectivity index (χ0v) is 20.4. The number of carbonyl (C=O) groups excluding carboxylic acids is 3. The van der Waals surface area contributed by atoms with Crippen molar-refractivity contribution in [2.45, 2.75) is 59.1 Å². The van der Waals surface area contributed by atoms with E-state index in [2.05, 4.69) is 6.92 Å². The van der Waals surface area contributed by atoms with Crippen LogP contribution >= 0.6 is 11.3 Å². The molecular weight excluding hydrogens is 445 g/mol. The fourth-order valence-corrected chi connectivity index (χ4v) is 5.41. The van der Waals surface area contributed by atoms with Crippen LogP contribution in [0.2, 0.25) is 0 Å². The van der Waals surface area contributed by atoms with E-state index < -0.39 is 24.0 Å². The summed E-state index contributed by atoms with van der Waals surface area (Å²) in [6.07, 6.45) is 1.57. The van der Waals surface area contributed by atoms with E-state index in [1.54, 1.807) is 23.1 Å². The Morgan fingerprint density at radius 3 is 2.39 bits per heavy atom. The van der Waals surface area contributed by atoms with Gasteiger partial charge in [-0.1, -0.05) is 19.1 Å². The van der Waals surface area contributed by atoms with E-state index in [1.807, 2.05) is 13.8 Å². The molecule has 0 N–H and O–H groups in total. The van der Waals surface area contributed by atoms with Crippen LogP contribution in [-0.4, -0.2) is 37.1 Å². The summed E-state index contributed by atoms with van der Waals surface area (Å²) in [6, 6.07) is 7.48. The van der Waals surface area contributed by atoms with Crippen LogP contribution in [0.4, 0.5) is 10.1 Å². The summed E-state index contributed by atoms with van der Waals surface area (Å²) in [7, 11) is 1.30. The molecular formula is C25H30FNO5S. The van der Waals surface area contributed by atoms with Crippen molar-refractivity contribution in [2.24, 2.45) is 11.8 Å². The third-order valence-corrected chi connectivity index (χ3v) is 7.07. The van der Waals surface area contributed by atoms with E-state index in [9.17, 15) is 18.8 Å². The average Bonchev–Trinajstić information content (AvgIpc) is 3.17. The van der Waals surface area contributed by atoms with Gasteiger partial charge in [-0.2, -0.15) is 0 Å². The minimum absolute atomic E-state index is 0.184. The third kappa shape index (κ3) is 5.61. The van der Waals surface area contributed by atoms with Gasteiger partial charge < -0.3 is 14.4 Å². The third-order valence-electron chi connectivity index (χ3n) is 5.91. The largest absolute Gasteiger partial charge is 0.465 e. The molecule has 0 aliphatic heterocycles. The number of hydrogen-bond donors (Lipinski definition) is 0. The Hall–Kier alpha value is -2.74. The van der Waals surface area contributed by atoms with Gasteiger partial charge in [-0.15, -0.1) is 11.3 Å². The second-order valence-corrected chi connectivity index (χ2v) is 9.85. The van der Waals surface area contributed by atoms with Gasteiger partial charge in [0.15, 0.2) is 0 Å². The highest BCUT2D eigenvalue weighted by Crippen LogP contribution is 2.40. The lowest BCUT2D eigenvalue weighted by atomic mass is 9.79. The standard InChI is InChI=1S/C25H30FNO5S/c1-14(2)27(24(29)19-11-6-15(3)12-21(19)32-16(4)28)20-13-22(33-23(20)25(30)31-5)17-7-9-18(26)10-8-17/h7-10,13-15,19,21H,6,11-12H2,1-5H3/t15?,19-,21+/m1/s1. The number of hydrogen-bond acceptors (Lipinski definition) is 6. The number of thiophene rings is 1. The number of rotatable bonds is 6. The van der Waals surface area contributed by atoms with Crippen molar-refractivity contribution in [1.29, 1.82) is 0 Å². The van der Waals surface area contributed by atoms with Crippen molar-refractivity contribution >= 4 is 34.9 Å². The summed E-state index contributed by atoms with van der Waals surface area (Å²) >= 11 is 1.20. The Bertz CT molecular complexity index is 1020. The smallest absolute Gasteiger partial charge is 0.350 e. The summed E-state index contributed by atoms with van der Waals surface area (Å²) in [4.78, 5) is 40.8. The minimum Gasteiger partial charge on any atom is -0.465 e. The lowest BCUT2D eigenvalue weighted by molar-refractivity contribution is -0.154. The van der Waals surface area contributed by atoms with Gasteiger partial charge in [0, 0.05) is 17.8 Å². The van der Waals surface area contributed by atoms with E-state index in [1.165, 1.54) is 37.5 Å². The molecule has 3 atom stereocenters. The minimum atomic E-state index is -0.546. The maximum Gasteiger partial charge on any atom is 0.350 e. The fourth-order valence-electron chi connectivity index (χ4n) is 4.34. The van der Waals surface area contributed by atoms with Crippen molar-refractivity contribution in [3.63, 3.8) is 0 Å². The van der Waals surface area contributed by atoms with E-state index in [4.69, 9.17) is 9.47 Å². The molecule has 0 bridgehead atoms. The van der Waals surface area contributed by atoms with Crippen LogP contribution in [0.25, 0.3) is 10.4 Å². The molecule has 33 heavy (non-hydrogen) atoms. The molecule has 1 aliphatic rings. The molecule has 1 fully saturated rings. The molecule has 1 aliphatic carbocycles. The van der Waals surface area contributed by atoms with Gasteiger partial charge in [0.2, 0.25) is 5.91 Å². The number of anilines is 1. The highest BCUT2D eigenvalue weighted by Gasteiger charge is 2.40. The van der Waals surface area contributed by atoms with Crippen molar-refractivity contribution in [1.82, 2.24) is 0 Å². The Morgan fingerprint density at radius 1 is 1.15 bits per heavy atom. The number of nitrogens with zero attached hydrogens (tertiary/aromatic N) is 1. The van der Waals surface area contributed by atoms with Crippen LogP contribution in [0.3, 0.4) is 0 Å². The SMILES string of the molecule is COC(=O)c1sc(-c2ccc(F)cc2)cc1N(C(=O)[C@@H]1CCC(C)C[C@@H]1OC(C)=O)C(C)C. The molecule has 1 aromatic heterocycles. The van der Waals surface area contributed by atoms with Gasteiger partial charge in [0.1, 0.15) is 16.8 Å². The van der Waals surface area contributed by atoms with Gasteiger partial charge in [-0.25, -0.2) is 9.18 Å². The van der Waals surface area contributed by atoms with E-state index in [0.717, 1.165) is 16.9 Å². The molecule has 0 spiro atoms. The number of ether oxygens (including phenoxy) is 2. The van der Waals surface area contributed by atoms with Gasteiger partial charge in [-0.05, 0) is 62.8 Å². The normalized spacial score (nSPS) is 20.4. The van der Waals surface area contributed by atoms with Gasteiger partial charge in [0.05, 0.1) is 18.7 Å². The number of carbonyl (C=O) groups is 3. The van der Waals surface area contributed by atoms with Gasteiger partial charge in [-0.3, -0.25) is 9.59 Å². The predicted octanol–water partition coefficient (Wildman–Crippen LogP) is 5.45. The first-order chi connectivity index (χ1) is 15.6. The summed E-state index contributed by atoms with van der Waals surface area (Å²) in [6.45, 7) is 7.19. The lowest BCUT2D eigenvalue weighted by Gasteiger charge is -2.37. The van der Waals surface area contributed by atoms with Gasteiger partial charge in [0.25, 0.3) is 0 Å². The number of methoxy groups -OCH3 is 1. The maximum atomic E-state index is 13.8. The number of amides is 1. The molecule has 1 heterocycles. The fraction of sp³-hybridized carbons (Fsp3) is 0.480. The molecule has 1 saturated carbocycles. The van der Waals surface area contributed by atoms with Crippen LogP contribution in [-0.2, 0) is 19.1 Å². The monoisotopic (exact) mass is 475 g/mol. The highest BCUT2D eigenvalue weighted by molar-refractivity contribution is 7.18. The lowest BCUT2D eigenvalue weighted by Crippen LogP contribution is -2.48. The first-order valence-electron chi connectivity index (χ1n) is 11.1. The second-order valence-electron chi connectivity index (χ2n) is 8.80. The molecule has 8 heteroatoms. The summed E-state index contributed by atoms with van der Waals surface area (Å²) in [5, 5.41) is 0. The van der Waals surface area contributed by atoms with E-state index in [0.29, 0.717) is 29.3 Å². The molecule has 0 radical (unpaired) electrons. The van der Waals surface area contributed by atoms with Gasteiger partial charge >= 0.3 is 11.9 Å². The molecule has 0 saturated heterocycles. The van der Waals surface area contributed by atoms with Crippen molar-refractivity contribution in [3.8, 4) is 10.4 Å². The zero-order chi connectivity index (χ0) is 24.3. The summed E-state index contributed by atoms with van der Waals surface area (Å²) in [5.41, 5.74) is 1.18. The molecule has 6 nitrogen and oxygen atoms in total. The topological polar surface area (TPSA) is 72.9 Å². The molecule has 1 unspecified atom stereocenters. The quantitative estimate of drug-likeness (QED) is 0.520. The number of esters is 2. The molecule has 3 rings (SSSR count). The highest BCUT2D eigenvalue weighted by atomic mass is 32.1. The van der Waals surface area contributed by atoms with E-state index in [-0.39, 0.29) is 17.8 Å². The Morgan fingerprint density at radius 2 is 1.82 bits per heavy atom. The molecule has 1 aromatic carbocycles. The van der Waals surface area contributed by atoms with E-state index >= 15 is 0 Å². The van der Waals surface area contributed by atoms with Crippen molar-refractivity contribution < 1.29 is 28.2 Å². The predicted molar refractivity (Wildman–Crippen MR) is 126 cm³/mol. The molecule has 1 amide bonds. The number of halogens is 1. The zero-order valence-electron chi connectivity index (χ0n) is 19.6. The number of benzene rings is 1. The van der Waals surface area contributed by atoms with Crippen LogP contribution in [0, 0.1) is 17.7 Å². The first kappa shape index (κ1) is 24.9. The summed E-state index contributed by atoms with van der Waals surface area (Å²) < 4.78 is 23.9. The van der Waals surface area contributed by atoms with Crippen molar-refractivity contribution in [3.05, 3.63) is 41.0 Å². The van der Waals surface area contributed by atoms with Crippen molar-refractivity contribution in [2.75, 3.05) is 12.0 Å². The van der Waals surface area contributed by atoms with Crippen LogP contribution in [0.5, 0.6) is 0 Å². The molecule has 2 aromatic rings. The van der Waals surface area contributed by atoms with Crippen LogP contribution < -0.4 is 4.90 Å². The maximum absolute atomic E-state index is 13.8. The van der Waals surface area contributed by atoms with Crippen LogP contribution in [0.1, 0.15) is 56.6 Å². The molecule has 178 valence electrons. The summed E-state index contributed by atoms with van der Waals surface area (Å²) in [5.74, 6) is -1.64. The van der Waals surface area contributed by atoms with Crippen LogP contribution in [0.15, 0.2) is 30.3 Å². The Kier molecular flexibility index (Phi) is 7.89. The second kappa shape index (κ2) is 10.5. The first-order valence-corrected chi connectivity index (χ1v) is 11.9.